The molecule has 6 aliphatic rings. The SMILES string of the molecule is CCC(=O)O[C@H]1CC[C@]2(C)[C@H]3CC[C@]4(C)C([C@H](C)CCCC(C)C)CC[C@H]4C34C=CC2(C1)n1c(=O)[nH]c(=O)n14. The van der Waals surface area contributed by atoms with E-state index in [4.69, 9.17) is 4.74 Å². The van der Waals surface area contributed by atoms with Crippen LogP contribution in [0.1, 0.15) is 112 Å². The van der Waals surface area contributed by atoms with E-state index in [9.17, 15) is 14.4 Å². The van der Waals surface area contributed by atoms with Crippen molar-refractivity contribution in [2.24, 2.45) is 40.4 Å². The minimum Gasteiger partial charge on any atom is -0.462 e. The molecule has 7 heteroatoms. The number of allylic oxidation sites excluding steroid dienone is 2. The molecular formula is C32H49N3O4. The first kappa shape index (κ1) is 27.1. The molecule has 4 aliphatic carbocycles. The van der Waals surface area contributed by atoms with Crippen LogP contribution in [0.4, 0.5) is 0 Å². The highest BCUT2D eigenvalue weighted by molar-refractivity contribution is 5.69. The lowest BCUT2D eigenvalue weighted by Gasteiger charge is -2.71. The summed E-state index contributed by atoms with van der Waals surface area (Å²) in [4.78, 5) is 42.2. The van der Waals surface area contributed by atoms with Crippen LogP contribution >= 0.6 is 0 Å². The standard InChI is InChI=1S/C32H49N3O4/c1-7-26(36)39-22-13-16-30(6)25-14-15-29(5)23(21(4)10-8-9-20(2)3)11-12-24(29)32(25)18-17-31(30,19-22)34-27(37)33-28(38)35(32)34/h17-18,20-25H,7-16,19H2,1-6H3,(H,33,37,38)/t21-,22+,23?,24-,25-,29-,30-,31?,32?/m1/s1. The number of nitrogens with one attached hydrogen (secondary N) is 1. The van der Waals surface area contributed by atoms with Gasteiger partial charge in [0.1, 0.15) is 6.10 Å². The molecule has 3 fully saturated rings. The van der Waals surface area contributed by atoms with E-state index >= 15 is 0 Å². The molecule has 0 radical (unpaired) electrons. The zero-order valence-electron chi connectivity index (χ0n) is 24.9. The van der Waals surface area contributed by atoms with Crippen molar-refractivity contribution in [1.29, 1.82) is 0 Å². The maximum absolute atomic E-state index is 13.7. The second-order valence-electron chi connectivity index (χ2n) is 14.8. The highest BCUT2D eigenvalue weighted by Gasteiger charge is 2.75. The summed E-state index contributed by atoms with van der Waals surface area (Å²) in [5, 5.41) is 0. The second kappa shape index (κ2) is 8.97. The minimum absolute atomic E-state index is 0.136. The van der Waals surface area contributed by atoms with Crippen LogP contribution < -0.4 is 11.4 Å². The summed E-state index contributed by atoms with van der Waals surface area (Å²) in [5.41, 5.74) is -1.79. The third kappa shape index (κ3) is 3.43. The Labute approximate surface area is 232 Å². The van der Waals surface area contributed by atoms with Gasteiger partial charge in [-0.05, 0) is 73.5 Å². The zero-order valence-corrected chi connectivity index (χ0v) is 24.9. The molecule has 1 N–H and O–H groups in total. The third-order valence-corrected chi connectivity index (χ3v) is 12.7. The average Bonchev–Trinajstić information content (AvgIpc) is 3.40. The fourth-order valence-corrected chi connectivity index (χ4v) is 10.9. The summed E-state index contributed by atoms with van der Waals surface area (Å²) in [7, 11) is 0. The van der Waals surface area contributed by atoms with Crippen molar-refractivity contribution in [2.75, 3.05) is 0 Å². The maximum Gasteiger partial charge on any atom is 0.345 e. The molecule has 2 bridgehead atoms. The summed E-state index contributed by atoms with van der Waals surface area (Å²) in [5.74, 6) is 2.44. The molecular weight excluding hydrogens is 490 g/mol. The highest BCUT2D eigenvalue weighted by atomic mass is 16.5. The number of carbonyl (C=O) groups is 1. The zero-order chi connectivity index (χ0) is 28.0. The summed E-state index contributed by atoms with van der Waals surface area (Å²) >= 11 is 0. The van der Waals surface area contributed by atoms with Crippen LogP contribution in [0.15, 0.2) is 21.7 Å². The molecule has 0 amide bonds. The van der Waals surface area contributed by atoms with E-state index in [0.29, 0.717) is 30.6 Å². The van der Waals surface area contributed by atoms with E-state index in [1.54, 1.807) is 4.68 Å². The van der Waals surface area contributed by atoms with Crippen molar-refractivity contribution in [3.8, 4) is 0 Å². The summed E-state index contributed by atoms with van der Waals surface area (Å²) in [6, 6.07) is 0. The smallest absolute Gasteiger partial charge is 0.345 e. The van der Waals surface area contributed by atoms with Gasteiger partial charge in [0, 0.05) is 18.3 Å². The van der Waals surface area contributed by atoms with E-state index in [1.165, 1.54) is 32.1 Å². The van der Waals surface area contributed by atoms with Crippen molar-refractivity contribution < 1.29 is 9.53 Å². The number of hydrogen-bond donors (Lipinski definition) is 1. The second-order valence-corrected chi connectivity index (χ2v) is 14.8. The fraction of sp³-hybridized carbons (Fsp3) is 0.844. The van der Waals surface area contributed by atoms with Crippen LogP contribution in [-0.4, -0.2) is 26.4 Å². The Kier molecular flexibility index (Phi) is 6.24. The van der Waals surface area contributed by atoms with E-state index in [0.717, 1.165) is 31.6 Å². The van der Waals surface area contributed by atoms with Gasteiger partial charge in [0.15, 0.2) is 0 Å². The quantitative estimate of drug-likeness (QED) is 0.354. The van der Waals surface area contributed by atoms with Crippen LogP contribution in [0.3, 0.4) is 0 Å². The number of nitrogens with zero attached hydrogens (tertiary/aromatic N) is 2. The number of aromatic amines is 1. The summed E-state index contributed by atoms with van der Waals surface area (Å²) < 4.78 is 9.53. The largest absolute Gasteiger partial charge is 0.462 e. The lowest BCUT2D eigenvalue weighted by molar-refractivity contribution is -0.205. The van der Waals surface area contributed by atoms with E-state index < -0.39 is 11.1 Å². The van der Waals surface area contributed by atoms with Gasteiger partial charge in [0.25, 0.3) is 0 Å². The summed E-state index contributed by atoms with van der Waals surface area (Å²) in [6.45, 7) is 13.8. The molecule has 39 heavy (non-hydrogen) atoms. The van der Waals surface area contributed by atoms with Gasteiger partial charge in [-0.1, -0.05) is 73.0 Å². The number of rotatable bonds is 7. The van der Waals surface area contributed by atoms with Gasteiger partial charge in [0.05, 0.1) is 11.1 Å². The Bertz CT molecular complexity index is 1290. The van der Waals surface area contributed by atoms with Gasteiger partial charge in [-0.3, -0.25) is 9.78 Å². The monoisotopic (exact) mass is 539 g/mol. The number of fused-ring (bicyclic) bond motifs is 1. The van der Waals surface area contributed by atoms with Crippen LogP contribution in [0.2, 0.25) is 0 Å². The molecule has 0 aromatic carbocycles. The molecule has 2 aliphatic heterocycles. The van der Waals surface area contributed by atoms with Crippen molar-refractivity contribution in [1.82, 2.24) is 14.3 Å². The highest BCUT2D eigenvalue weighted by Crippen LogP contribution is 2.74. The van der Waals surface area contributed by atoms with E-state index in [1.807, 2.05) is 11.6 Å². The first-order valence-electron chi connectivity index (χ1n) is 15.8. The Morgan fingerprint density at radius 3 is 2.46 bits per heavy atom. The van der Waals surface area contributed by atoms with Crippen molar-refractivity contribution in [3.05, 3.63) is 33.1 Å². The molecule has 3 unspecified atom stereocenters. The molecule has 7 nitrogen and oxygen atoms in total. The van der Waals surface area contributed by atoms with Crippen LogP contribution in [-0.2, 0) is 20.6 Å². The molecule has 2 spiro atoms. The molecule has 1 aromatic heterocycles. The number of hydrogen-bond acceptors (Lipinski definition) is 4. The molecule has 1 aromatic rings. The third-order valence-electron chi connectivity index (χ3n) is 12.7. The van der Waals surface area contributed by atoms with E-state index in [-0.39, 0.29) is 40.2 Å². The van der Waals surface area contributed by atoms with Gasteiger partial charge in [-0.15, -0.1) is 0 Å². The van der Waals surface area contributed by atoms with Crippen molar-refractivity contribution in [3.63, 3.8) is 0 Å². The predicted molar refractivity (Wildman–Crippen MR) is 151 cm³/mol. The minimum atomic E-state index is -0.664. The van der Waals surface area contributed by atoms with Gasteiger partial charge < -0.3 is 4.74 Å². The Hall–Kier alpha value is -2.05. The molecule has 216 valence electrons. The van der Waals surface area contributed by atoms with Gasteiger partial charge in [-0.2, -0.15) is 0 Å². The number of esters is 1. The van der Waals surface area contributed by atoms with Crippen LogP contribution in [0, 0.1) is 40.4 Å². The fourth-order valence-electron chi connectivity index (χ4n) is 10.9. The number of ether oxygens (including phenoxy) is 1. The number of carbonyl (C=O) groups excluding carboxylic acids is 1. The van der Waals surface area contributed by atoms with Crippen molar-refractivity contribution >= 4 is 5.97 Å². The topological polar surface area (TPSA) is 86.1 Å². The predicted octanol–water partition coefficient (Wildman–Crippen LogP) is 5.73. The Balaban J connectivity index is 1.43. The average molecular weight is 540 g/mol. The van der Waals surface area contributed by atoms with Gasteiger partial charge >= 0.3 is 17.3 Å². The van der Waals surface area contributed by atoms with Crippen LogP contribution in [0.25, 0.3) is 0 Å². The lowest BCUT2D eigenvalue weighted by Crippen LogP contribution is -2.76. The molecule has 3 saturated carbocycles. The molecule has 7 rings (SSSR count). The Morgan fingerprint density at radius 2 is 1.74 bits per heavy atom. The summed E-state index contributed by atoms with van der Waals surface area (Å²) in [6.07, 6.45) is 15.3. The number of H-pyrrole nitrogens is 1. The van der Waals surface area contributed by atoms with Crippen molar-refractivity contribution in [2.45, 2.75) is 129 Å². The van der Waals surface area contributed by atoms with Gasteiger partial charge in [-0.25, -0.2) is 19.0 Å². The van der Waals surface area contributed by atoms with Gasteiger partial charge in [0.2, 0.25) is 0 Å². The normalized spacial score (nSPS) is 42.5. The molecule has 9 atom stereocenters. The maximum atomic E-state index is 13.7. The molecule has 0 saturated heterocycles. The number of aromatic nitrogens is 3. The van der Waals surface area contributed by atoms with Crippen LogP contribution in [0.5, 0.6) is 0 Å². The first-order chi connectivity index (χ1) is 18.4. The molecule has 3 heterocycles. The first-order valence-corrected chi connectivity index (χ1v) is 15.8. The Morgan fingerprint density at radius 1 is 1.00 bits per heavy atom. The van der Waals surface area contributed by atoms with E-state index in [2.05, 4.69) is 51.8 Å². The lowest BCUT2D eigenvalue weighted by atomic mass is 9.40.